The van der Waals surface area contributed by atoms with Crippen LogP contribution in [0.3, 0.4) is 0 Å². The van der Waals surface area contributed by atoms with Crippen molar-refractivity contribution in [2.45, 2.75) is 19.3 Å². The van der Waals surface area contributed by atoms with Gasteiger partial charge < -0.3 is 10.0 Å². The number of thiophene rings is 1. The molecule has 1 aliphatic carbocycles. The second-order valence-electron chi connectivity index (χ2n) is 5.82. The van der Waals surface area contributed by atoms with Crippen molar-refractivity contribution >= 4 is 27.4 Å². The minimum atomic E-state index is 0.120. The van der Waals surface area contributed by atoms with Gasteiger partial charge in [-0.15, -0.1) is 11.3 Å². The minimum absolute atomic E-state index is 0.120. The highest BCUT2D eigenvalue weighted by Gasteiger charge is 2.49. The third-order valence-corrected chi connectivity index (χ3v) is 5.78. The maximum absolute atomic E-state index is 9.81. The number of rotatable bonds is 2. The van der Waals surface area contributed by atoms with Crippen LogP contribution < -0.4 is 4.90 Å². The summed E-state index contributed by atoms with van der Waals surface area (Å²) in [5.74, 6) is 1.68. The first kappa shape index (κ1) is 11.6. The van der Waals surface area contributed by atoms with Gasteiger partial charge in [0.15, 0.2) is 0 Å². The van der Waals surface area contributed by atoms with E-state index in [9.17, 15) is 5.11 Å². The SMILES string of the molecule is OCC12CCCC1CN(c1ncnc3ccsc13)C2. The molecule has 0 bridgehead atoms. The van der Waals surface area contributed by atoms with Crippen LogP contribution in [0.5, 0.6) is 0 Å². The summed E-state index contributed by atoms with van der Waals surface area (Å²) in [6.45, 7) is 2.29. The fourth-order valence-corrected chi connectivity index (χ4v) is 4.70. The molecule has 3 heterocycles. The Kier molecular flexibility index (Phi) is 2.53. The zero-order valence-electron chi connectivity index (χ0n) is 10.7. The molecule has 0 radical (unpaired) electrons. The molecule has 4 nitrogen and oxygen atoms in total. The smallest absolute Gasteiger partial charge is 0.150 e. The third kappa shape index (κ3) is 1.61. The highest BCUT2D eigenvalue weighted by atomic mass is 32.1. The fourth-order valence-electron chi connectivity index (χ4n) is 3.84. The van der Waals surface area contributed by atoms with Gasteiger partial charge in [0, 0.05) is 18.5 Å². The number of aromatic nitrogens is 2. The van der Waals surface area contributed by atoms with Gasteiger partial charge in [0.1, 0.15) is 12.1 Å². The number of hydrogen-bond donors (Lipinski definition) is 1. The van der Waals surface area contributed by atoms with Gasteiger partial charge in [-0.25, -0.2) is 9.97 Å². The van der Waals surface area contributed by atoms with Crippen LogP contribution in [-0.4, -0.2) is 34.8 Å². The van der Waals surface area contributed by atoms with E-state index >= 15 is 0 Å². The van der Waals surface area contributed by atoms with E-state index in [0.29, 0.717) is 12.5 Å². The lowest BCUT2D eigenvalue weighted by Crippen LogP contribution is -2.31. The van der Waals surface area contributed by atoms with E-state index in [4.69, 9.17) is 0 Å². The van der Waals surface area contributed by atoms with Crippen LogP contribution in [0, 0.1) is 11.3 Å². The summed E-state index contributed by atoms with van der Waals surface area (Å²) in [6.07, 6.45) is 5.32. The fraction of sp³-hybridized carbons (Fsp3) is 0.571. The monoisotopic (exact) mass is 275 g/mol. The summed E-state index contributed by atoms with van der Waals surface area (Å²) in [6, 6.07) is 2.05. The Balaban J connectivity index is 1.73. The van der Waals surface area contributed by atoms with Gasteiger partial charge in [-0.2, -0.15) is 0 Å². The van der Waals surface area contributed by atoms with E-state index < -0.39 is 0 Å². The summed E-state index contributed by atoms with van der Waals surface area (Å²) in [5, 5.41) is 11.9. The van der Waals surface area contributed by atoms with Gasteiger partial charge in [0.05, 0.1) is 16.8 Å². The molecule has 2 atom stereocenters. The molecule has 0 aromatic carbocycles. The van der Waals surface area contributed by atoms with Crippen LogP contribution in [0.1, 0.15) is 19.3 Å². The van der Waals surface area contributed by atoms with Crippen molar-refractivity contribution in [1.82, 2.24) is 9.97 Å². The molecule has 2 aromatic heterocycles. The van der Waals surface area contributed by atoms with Crippen LogP contribution in [0.25, 0.3) is 10.2 Å². The molecule has 1 saturated carbocycles. The average Bonchev–Trinajstić information content (AvgIpc) is 3.11. The number of aliphatic hydroxyl groups is 1. The number of aliphatic hydroxyl groups excluding tert-OH is 1. The number of nitrogens with zero attached hydrogens (tertiary/aromatic N) is 3. The van der Waals surface area contributed by atoms with E-state index in [1.807, 2.05) is 6.07 Å². The molecule has 1 N–H and O–H groups in total. The molecule has 5 heteroatoms. The predicted molar refractivity (Wildman–Crippen MR) is 76.5 cm³/mol. The molecule has 2 unspecified atom stereocenters. The summed E-state index contributed by atoms with van der Waals surface area (Å²) < 4.78 is 1.18. The lowest BCUT2D eigenvalue weighted by Gasteiger charge is -2.26. The van der Waals surface area contributed by atoms with E-state index in [-0.39, 0.29) is 5.41 Å². The Bertz CT molecular complexity index is 614. The molecular formula is C14H17N3OS. The van der Waals surface area contributed by atoms with E-state index in [1.165, 1.54) is 17.5 Å². The minimum Gasteiger partial charge on any atom is -0.396 e. The predicted octanol–water partition coefficient (Wildman–Crippen LogP) is 2.29. The standard InChI is InChI=1S/C14H17N3OS/c18-8-14-4-1-2-10(14)6-17(7-14)13-12-11(3-5-19-12)15-9-16-13/h3,5,9-10,18H,1-2,4,6-8H2. The zero-order chi connectivity index (χ0) is 12.9. The molecule has 4 rings (SSSR count). The number of anilines is 1. The normalized spacial score (nSPS) is 30.2. The maximum Gasteiger partial charge on any atom is 0.150 e. The van der Waals surface area contributed by atoms with Crippen LogP contribution >= 0.6 is 11.3 Å². The van der Waals surface area contributed by atoms with Gasteiger partial charge >= 0.3 is 0 Å². The van der Waals surface area contributed by atoms with E-state index in [0.717, 1.165) is 30.8 Å². The van der Waals surface area contributed by atoms with E-state index in [1.54, 1.807) is 17.7 Å². The maximum atomic E-state index is 9.81. The Morgan fingerprint density at radius 2 is 2.42 bits per heavy atom. The first-order chi connectivity index (χ1) is 9.32. The topological polar surface area (TPSA) is 49.2 Å². The highest BCUT2D eigenvalue weighted by molar-refractivity contribution is 7.17. The summed E-state index contributed by atoms with van der Waals surface area (Å²) in [4.78, 5) is 11.2. The molecule has 2 aliphatic rings. The van der Waals surface area contributed by atoms with Crippen molar-refractivity contribution in [2.24, 2.45) is 11.3 Å². The summed E-state index contributed by atoms with van der Waals surface area (Å²) in [7, 11) is 0. The quantitative estimate of drug-likeness (QED) is 0.913. The molecular weight excluding hydrogens is 258 g/mol. The Labute approximate surface area is 116 Å². The Hall–Kier alpha value is -1.20. The zero-order valence-corrected chi connectivity index (χ0v) is 11.6. The molecule has 2 fully saturated rings. The second-order valence-corrected chi connectivity index (χ2v) is 6.74. The Morgan fingerprint density at radius 1 is 1.47 bits per heavy atom. The average molecular weight is 275 g/mol. The third-order valence-electron chi connectivity index (χ3n) is 4.88. The highest BCUT2D eigenvalue weighted by Crippen LogP contribution is 2.49. The van der Waals surface area contributed by atoms with Gasteiger partial charge in [-0.05, 0) is 30.2 Å². The van der Waals surface area contributed by atoms with Crippen molar-refractivity contribution in [2.75, 3.05) is 24.6 Å². The van der Waals surface area contributed by atoms with Gasteiger partial charge in [0.2, 0.25) is 0 Å². The largest absolute Gasteiger partial charge is 0.396 e. The van der Waals surface area contributed by atoms with Gasteiger partial charge in [-0.3, -0.25) is 0 Å². The molecule has 2 aromatic rings. The molecule has 1 aliphatic heterocycles. The van der Waals surface area contributed by atoms with Crippen LogP contribution in [0.4, 0.5) is 5.82 Å². The summed E-state index contributed by atoms with van der Waals surface area (Å²) in [5.41, 5.74) is 1.15. The lowest BCUT2D eigenvalue weighted by molar-refractivity contribution is 0.121. The molecule has 0 spiro atoms. The van der Waals surface area contributed by atoms with Crippen molar-refractivity contribution in [3.05, 3.63) is 17.8 Å². The van der Waals surface area contributed by atoms with Crippen molar-refractivity contribution in [3.8, 4) is 0 Å². The molecule has 0 amide bonds. The Morgan fingerprint density at radius 3 is 3.26 bits per heavy atom. The van der Waals surface area contributed by atoms with Crippen molar-refractivity contribution in [1.29, 1.82) is 0 Å². The first-order valence-corrected chi connectivity index (χ1v) is 7.74. The number of hydrogen-bond acceptors (Lipinski definition) is 5. The number of fused-ring (bicyclic) bond motifs is 2. The van der Waals surface area contributed by atoms with Crippen LogP contribution in [0.15, 0.2) is 17.8 Å². The molecule has 19 heavy (non-hydrogen) atoms. The van der Waals surface area contributed by atoms with Crippen molar-refractivity contribution in [3.63, 3.8) is 0 Å². The first-order valence-electron chi connectivity index (χ1n) is 6.86. The van der Waals surface area contributed by atoms with E-state index in [2.05, 4.69) is 20.2 Å². The van der Waals surface area contributed by atoms with Gasteiger partial charge in [-0.1, -0.05) is 6.42 Å². The molecule has 1 saturated heterocycles. The second kappa shape index (κ2) is 4.15. The lowest BCUT2D eigenvalue weighted by atomic mass is 9.82. The summed E-state index contributed by atoms with van der Waals surface area (Å²) >= 11 is 1.71. The van der Waals surface area contributed by atoms with Crippen LogP contribution in [-0.2, 0) is 0 Å². The van der Waals surface area contributed by atoms with Crippen molar-refractivity contribution < 1.29 is 5.11 Å². The van der Waals surface area contributed by atoms with Gasteiger partial charge in [0.25, 0.3) is 0 Å². The van der Waals surface area contributed by atoms with Crippen LogP contribution in [0.2, 0.25) is 0 Å². The molecule has 100 valence electrons.